The first-order valence-corrected chi connectivity index (χ1v) is 6.49. The number of hydrogen-bond donors (Lipinski definition) is 2. The van der Waals surface area contributed by atoms with Gasteiger partial charge in [-0.15, -0.1) is 0 Å². The molecular weight excluding hydrogens is 268 g/mol. The van der Waals surface area contributed by atoms with E-state index in [1.165, 1.54) is 7.11 Å². The fourth-order valence-electron chi connectivity index (χ4n) is 2.02. The van der Waals surface area contributed by atoms with Crippen molar-refractivity contribution >= 4 is 17.3 Å². The molecule has 0 aromatic heterocycles. The summed E-state index contributed by atoms with van der Waals surface area (Å²) < 4.78 is 10.4. The highest BCUT2D eigenvalue weighted by Gasteiger charge is 2.09. The number of nitrogens with one attached hydrogen (secondary N) is 1. The Bertz CT molecular complexity index is 641. The Hall–Kier alpha value is -2.69. The molecule has 0 heterocycles. The second kappa shape index (κ2) is 6.65. The lowest BCUT2D eigenvalue weighted by molar-refractivity contribution is -0.115. The number of amides is 1. The van der Waals surface area contributed by atoms with E-state index in [0.29, 0.717) is 22.9 Å². The van der Waals surface area contributed by atoms with Gasteiger partial charge in [-0.05, 0) is 18.2 Å². The summed E-state index contributed by atoms with van der Waals surface area (Å²) in [6, 6.07) is 12.5. The minimum absolute atomic E-state index is 0.133. The van der Waals surface area contributed by atoms with Gasteiger partial charge in [0.1, 0.15) is 11.5 Å². The molecule has 0 fully saturated rings. The SMILES string of the molecule is COc1cc(NC(=O)Cc2ccccc2OC)ccc1N. The highest BCUT2D eigenvalue weighted by atomic mass is 16.5. The van der Waals surface area contributed by atoms with Crippen molar-refractivity contribution in [1.29, 1.82) is 0 Å². The molecule has 0 aliphatic rings. The standard InChI is InChI=1S/C16H18N2O3/c1-20-14-6-4-3-5-11(14)9-16(19)18-12-7-8-13(17)15(10-12)21-2/h3-8,10H,9,17H2,1-2H3,(H,18,19). The van der Waals surface area contributed by atoms with Crippen LogP contribution in [0.1, 0.15) is 5.56 Å². The van der Waals surface area contributed by atoms with Gasteiger partial charge in [0, 0.05) is 17.3 Å². The number of ether oxygens (including phenoxy) is 2. The van der Waals surface area contributed by atoms with Crippen LogP contribution in [-0.2, 0) is 11.2 Å². The van der Waals surface area contributed by atoms with Crippen LogP contribution in [0.4, 0.5) is 11.4 Å². The van der Waals surface area contributed by atoms with E-state index in [1.807, 2.05) is 24.3 Å². The molecular formula is C16H18N2O3. The first-order valence-electron chi connectivity index (χ1n) is 6.49. The third kappa shape index (κ3) is 3.66. The number of rotatable bonds is 5. The van der Waals surface area contributed by atoms with E-state index in [9.17, 15) is 4.79 Å². The number of carbonyl (C=O) groups is 1. The van der Waals surface area contributed by atoms with E-state index in [-0.39, 0.29) is 12.3 Å². The van der Waals surface area contributed by atoms with Crippen LogP contribution in [0.2, 0.25) is 0 Å². The number of benzene rings is 2. The Morgan fingerprint density at radius 1 is 1.10 bits per heavy atom. The van der Waals surface area contributed by atoms with Crippen molar-refractivity contribution in [2.24, 2.45) is 0 Å². The molecule has 0 radical (unpaired) electrons. The lowest BCUT2D eigenvalue weighted by Crippen LogP contribution is -2.15. The Kier molecular flexibility index (Phi) is 4.66. The second-order valence-electron chi connectivity index (χ2n) is 4.49. The number of nitrogen functional groups attached to an aromatic ring is 1. The molecule has 21 heavy (non-hydrogen) atoms. The molecule has 0 atom stereocenters. The number of para-hydroxylation sites is 1. The van der Waals surface area contributed by atoms with Gasteiger partial charge >= 0.3 is 0 Å². The van der Waals surface area contributed by atoms with Crippen LogP contribution in [-0.4, -0.2) is 20.1 Å². The Balaban J connectivity index is 2.08. The van der Waals surface area contributed by atoms with Gasteiger partial charge in [-0.25, -0.2) is 0 Å². The average Bonchev–Trinajstić information content (AvgIpc) is 2.49. The predicted octanol–water partition coefficient (Wildman–Crippen LogP) is 2.47. The first-order chi connectivity index (χ1) is 10.1. The lowest BCUT2D eigenvalue weighted by atomic mass is 10.1. The van der Waals surface area contributed by atoms with E-state index in [2.05, 4.69) is 5.32 Å². The molecule has 110 valence electrons. The van der Waals surface area contributed by atoms with Crippen molar-refractivity contribution in [2.75, 3.05) is 25.3 Å². The van der Waals surface area contributed by atoms with Gasteiger partial charge in [0.15, 0.2) is 0 Å². The molecule has 2 aromatic rings. The van der Waals surface area contributed by atoms with Gasteiger partial charge in [0.2, 0.25) is 5.91 Å². The van der Waals surface area contributed by atoms with Gasteiger partial charge in [-0.2, -0.15) is 0 Å². The maximum absolute atomic E-state index is 12.1. The lowest BCUT2D eigenvalue weighted by Gasteiger charge is -2.10. The van der Waals surface area contributed by atoms with Crippen molar-refractivity contribution in [3.63, 3.8) is 0 Å². The van der Waals surface area contributed by atoms with Crippen molar-refractivity contribution < 1.29 is 14.3 Å². The number of anilines is 2. The number of hydrogen-bond acceptors (Lipinski definition) is 4. The largest absolute Gasteiger partial charge is 0.496 e. The van der Waals surface area contributed by atoms with E-state index < -0.39 is 0 Å². The summed E-state index contributed by atoms with van der Waals surface area (Å²) in [5, 5.41) is 2.81. The van der Waals surface area contributed by atoms with E-state index in [0.717, 1.165) is 5.56 Å². The van der Waals surface area contributed by atoms with Crippen LogP contribution in [0.3, 0.4) is 0 Å². The van der Waals surface area contributed by atoms with Crippen LogP contribution < -0.4 is 20.5 Å². The Morgan fingerprint density at radius 3 is 2.52 bits per heavy atom. The minimum atomic E-state index is -0.133. The molecule has 5 heteroatoms. The Morgan fingerprint density at radius 2 is 1.81 bits per heavy atom. The molecule has 0 unspecified atom stereocenters. The third-order valence-corrected chi connectivity index (χ3v) is 3.06. The van der Waals surface area contributed by atoms with Crippen molar-refractivity contribution in [3.8, 4) is 11.5 Å². The predicted molar refractivity (Wildman–Crippen MR) is 82.7 cm³/mol. The Labute approximate surface area is 123 Å². The first kappa shape index (κ1) is 14.7. The monoisotopic (exact) mass is 286 g/mol. The van der Waals surface area contributed by atoms with Crippen LogP contribution in [0.5, 0.6) is 11.5 Å². The van der Waals surface area contributed by atoms with Crippen molar-refractivity contribution in [2.45, 2.75) is 6.42 Å². The zero-order valence-electron chi connectivity index (χ0n) is 12.1. The number of methoxy groups -OCH3 is 2. The van der Waals surface area contributed by atoms with Crippen LogP contribution >= 0.6 is 0 Å². The maximum Gasteiger partial charge on any atom is 0.228 e. The molecule has 1 amide bonds. The average molecular weight is 286 g/mol. The number of carbonyl (C=O) groups excluding carboxylic acids is 1. The van der Waals surface area contributed by atoms with Crippen LogP contribution in [0.25, 0.3) is 0 Å². The molecule has 5 nitrogen and oxygen atoms in total. The molecule has 0 saturated heterocycles. The summed E-state index contributed by atoms with van der Waals surface area (Å²) in [7, 11) is 3.12. The molecule has 0 spiro atoms. The summed E-state index contributed by atoms with van der Waals surface area (Å²) >= 11 is 0. The fourth-order valence-corrected chi connectivity index (χ4v) is 2.02. The van der Waals surface area contributed by atoms with Gasteiger partial charge < -0.3 is 20.5 Å². The summed E-state index contributed by atoms with van der Waals surface area (Å²) in [5.74, 6) is 1.10. The maximum atomic E-state index is 12.1. The molecule has 2 aromatic carbocycles. The van der Waals surface area contributed by atoms with E-state index in [4.69, 9.17) is 15.2 Å². The number of nitrogens with two attached hydrogens (primary N) is 1. The minimum Gasteiger partial charge on any atom is -0.496 e. The van der Waals surface area contributed by atoms with Crippen molar-refractivity contribution in [1.82, 2.24) is 0 Å². The molecule has 0 saturated carbocycles. The molecule has 2 rings (SSSR count). The van der Waals surface area contributed by atoms with Gasteiger partial charge in [-0.3, -0.25) is 4.79 Å². The van der Waals surface area contributed by atoms with Gasteiger partial charge in [-0.1, -0.05) is 18.2 Å². The third-order valence-electron chi connectivity index (χ3n) is 3.06. The fraction of sp³-hybridized carbons (Fsp3) is 0.188. The summed E-state index contributed by atoms with van der Waals surface area (Å²) in [5.41, 5.74) is 7.74. The topological polar surface area (TPSA) is 73.6 Å². The molecule has 0 bridgehead atoms. The van der Waals surface area contributed by atoms with Crippen LogP contribution in [0, 0.1) is 0 Å². The highest BCUT2D eigenvalue weighted by Crippen LogP contribution is 2.25. The van der Waals surface area contributed by atoms with Crippen LogP contribution in [0.15, 0.2) is 42.5 Å². The van der Waals surface area contributed by atoms with Crippen molar-refractivity contribution in [3.05, 3.63) is 48.0 Å². The summed E-state index contributed by atoms with van der Waals surface area (Å²) in [6.45, 7) is 0. The molecule has 0 aliphatic heterocycles. The quantitative estimate of drug-likeness (QED) is 0.828. The normalized spacial score (nSPS) is 10.0. The highest BCUT2D eigenvalue weighted by molar-refractivity contribution is 5.93. The zero-order chi connectivity index (χ0) is 15.2. The second-order valence-corrected chi connectivity index (χ2v) is 4.49. The smallest absolute Gasteiger partial charge is 0.228 e. The van der Waals surface area contributed by atoms with E-state index in [1.54, 1.807) is 25.3 Å². The molecule has 3 N–H and O–H groups in total. The molecule has 0 aliphatic carbocycles. The van der Waals surface area contributed by atoms with Gasteiger partial charge in [0.25, 0.3) is 0 Å². The van der Waals surface area contributed by atoms with Gasteiger partial charge in [0.05, 0.1) is 26.3 Å². The summed E-state index contributed by atoms with van der Waals surface area (Å²) in [6.07, 6.45) is 0.233. The van der Waals surface area contributed by atoms with E-state index >= 15 is 0 Å². The zero-order valence-corrected chi connectivity index (χ0v) is 12.1. The summed E-state index contributed by atoms with van der Waals surface area (Å²) in [4.78, 5) is 12.1.